The molecule has 0 fully saturated rings. The van der Waals surface area contributed by atoms with Gasteiger partial charge in [0.2, 0.25) is 0 Å². The molecule has 5 nitrogen and oxygen atoms in total. The topological polar surface area (TPSA) is 58.6 Å². The van der Waals surface area contributed by atoms with E-state index in [0.29, 0.717) is 22.7 Å². The minimum Gasteiger partial charge on any atom is -0.491 e. The summed E-state index contributed by atoms with van der Waals surface area (Å²) >= 11 is 0. The van der Waals surface area contributed by atoms with Crippen molar-refractivity contribution in [3.8, 4) is 5.75 Å². The van der Waals surface area contributed by atoms with E-state index in [4.69, 9.17) is 4.74 Å². The predicted octanol–water partition coefficient (Wildman–Crippen LogP) is 6.16. The van der Waals surface area contributed by atoms with Crippen LogP contribution in [0, 0.1) is 5.82 Å². The minimum absolute atomic E-state index is 0.000793. The number of hydrogen-bond donors (Lipinski definition) is 1. The van der Waals surface area contributed by atoms with Gasteiger partial charge in [-0.3, -0.25) is 9.59 Å². The summed E-state index contributed by atoms with van der Waals surface area (Å²) in [6.07, 6.45) is -0.000793. The molecule has 0 radical (unpaired) electrons. The van der Waals surface area contributed by atoms with Gasteiger partial charge < -0.3 is 10.1 Å². The van der Waals surface area contributed by atoms with Gasteiger partial charge in [-0.1, -0.05) is 48.5 Å². The fourth-order valence-electron chi connectivity index (χ4n) is 4.18. The summed E-state index contributed by atoms with van der Waals surface area (Å²) in [5.41, 5.74) is 1.90. The summed E-state index contributed by atoms with van der Waals surface area (Å²) in [6.45, 7) is 3.84. The quantitative estimate of drug-likeness (QED) is 0.346. The summed E-state index contributed by atoms with van der Waals surface area (Å²) in [5.74, 6) is -0.752. The molecule has 174 valence electrons. The lowest BCUT2D eigenvalue weighted by Crippen LogP contribution is -2.32. The van der Waals surface area contributed by atoms with Gasteiger partial charge in [0.1, 0.15) is 17.3 Å². The van der Waals surface area contributed by atoms with E-state index in [2.05, 4.69) is 5.32 Å². The van der Waals surface area contributed by atoms with Crippen LogP contribution in [0.25, 0.3) is 16.3 Å². The molecular weight excluding hydrogens is 443 g/mol. The summed E-state index contributed by atoms with van der Waals surface area (Å²) in [4.78, 5) is 28.4. The van der Waals surface area contributed by atoms with Crippen LogP contribution >= 0.6 is 0 Å². The third-order valence-corrected chi connectivity index (χ3v) is 5.73. The van der Waals surface area contributed by atoms with Crippen LogP contribution in [0.3, 0.4) is 0 Å². The smallest absolute Gasteiger partial charge is 0.282 e. The Morgan fingerprint density at radius 3 is 2.20 bits per heavy atom. The second-order valence-electron chi connectivity index (χ2n) is 8.51. The van der Waals surface area contributed by atoms with Crippen molar-refractivity contribution in [2.24, 2.45) is 0 Å². The number of rotatable bonds is 6. The number of anilines is 2. The number of ether oxygens (including phenoxy) is 1. The number of imide groups is 1. The Hall–Kier alpha value is -4.45. The van der Waals surface area contributed by atoms with Gasteiger partial charge in [-0.15, -0.1) is 0 Å². The van der Waals surface area contributed by atoms with E-state index in [1.54, 1.807) is 24.3 Å². The monoisotopic (exact) mass is 466 g/mol. The first kappa shape index (κ1) is 22.3. The highest BCUT2D eigenvalue weighted by atomic mass is 19.1. The predicted molar refractivity (Wildman–Crippen MR) is 136 cm³/mol. The van der Waals surface area contributed by atoms with Crippen molar-refractivity contribution in [3.63, 3.8) is 0 Å². The SMILES string of the molecule is CC(C)Oc1ccc(N2C(=O)C(Nc3cccc4ccccc34)=C(c3ccc(F)cc3)C2=O)cc1. The van der Waals surface area contributed by atoms with Crippen LogP contribution in [0.4, 0.5) is 15.8 Å². The standard InChI is InChI=1S/C29H23FN2O3/c1-18(2)35-23-16-14-22(15-17-23)32-28(33)26(20-10-12-21(30)13-11-20)27(29(32)34)31-25-9-5-7-19-6-3-4-8-24(19)25/h3-18,31H,1-2H3. The number of carbonyl (C=O) groups is 2. The van der Waals surface area contributed by atoms with Crippen molar-refractivity contribution in [2.45, 2.75) is 20.0 Å². The molecular formula is C29H23FN2O3. The number of fused-ring (bicyclic) bond motifs is 1. The van der Waals surface area contributed by atoms with Gasteiger partial charge in [0.15, 0.2) is 0 Å². The van der Waals surface area contributed by atoms with Crippen LogP contribution < -0.4 is 15.0 Å². The number of benzene rings is 4. The van der Waals surface area contributed by atoms with Crippen LogP contribution in [0.15, 0.2) is 96.7 Å². The van der Waals surface area contributed by atoms with E-state index in [0.717, 1.165) is 15.7 Å². The van der Waals surface area contributed by atoms with Gasteiger partial charge in [0.25, 0.3) is 11.8 Å². The molecule has 0 bridgehead atoms. The van der Waals surface area contributed by atoms with E-state index in [1.807, 2.05) is 56.3 Å². The van der Waals surface area contributed by atoms with Gasteiger partial charge in [-0.05, 0) is 67.3 Å². The van der Waals surface area contributed by atoms with Gasteiger partial charge in [-0.25, -0.2) is 9.29 Å². The molecule has 1 heterocycles. The zero-order chi connectivity index (χ0) is 24.5. The Labute approximate surface area is 202 Å². The van der Waals surface area contributed by atoms with Crippen LogP contribution in [0.2, 0.25) is 0 Å². The molecule has 0 saturated carbocycles. The first-order valence-corrected chi connectivity index (χ1v) is 11.3. The summed E-state index contributed by atoms with van der Waals surface area (Å²) < 4.78 is 19.3. The lowest BCUT2D eigenvalue weighted by molar-refractivity contribution is -0.120. The third-order valence-electron chi connectivity index (χ3n) is 5.73. The maximum absolute atomic E-state index is 13.6. The Bertz CT molecular complexity index is 1450. The molecule has 0 aliphatic carbocycles. The van der Waals surface area contributed by atoms with Crippen molar-refractivity contribution in [3.05, 3.63) is 108 Å². The first-order valence-electron chi connectivity index (χ1n) is 11.3. The molecule has 0 atom stereocenters. The van der Waals surface area contributed by atoms with Gasteiger partial charge in [0, 0.05) is 11.1 Å². The molecule has 1 aliphatic heterocycles. The molecule has 4 aromatic rings. The van der Waals surface area contributed by atoms with E-state index < -0.39 is 17.6 Å². The number of amides is 2. The van der Waals surface area contributed by atoms with E-state index in [-0.39, 0.29) is 17.4 Å². The molecule has 5 rings (SSSR count). The normalized spacial score (nSPS) is 13.8. The minimum atomic E-state index is -0.486. The highest BCUT2D eigenvalue weighted by Gasteiger charge is 2.40. The molecule has 0 unspecified atom stereocenters. The van der Waals surface area contributed by atoms with Crippen molar-refractivity contribution < 1.29 is 18.7 Å². The molecule has 0 spiro atoms. The molecule has 6 heteroatoms. The average molecular weight is 467 g/mol. The Kier molecular flexibility index (Phi) is 5.79. The first-order chi connectivity index (χ1) is 16.9. The highest BCUT2D eigenvalue weighted by molar-refractivity contribution is 6.46. The molecule has 1 N–H and O–H groups in total. The van der Waals surface area contributed by atoms with Gasteiger partial charge in [0.05, 0.1) is 17.4 Å². The van der Waals surface area contributed by atoms with Crippen LogP contribution in [-0.2, 0) is 9.59 Å². The Morgan fingerprint density at radius 2 is 1.49 bits per heavy atom. The average Bonchev–Trinajstić information content (AvgIpc) is 3.09. The van der Waals surface area contributed by atoms with Gasteiger partial charge >= 0.3 is 0 Å². The molecule has 4 aromatic carbocycles. The zero-order valence-corrected chi connectivity index (χ0v) is 19.3. The summed E-state index contributed by atoms with van der Waals surface area (Å²) in [7, 11) is 0. The van der Waals surface area contributed by atoms with Crippen LogP contribution in [0.5, 0.6) is 5.75 Å². The van der Waals surface area contributed by atoms with Crippen LogP contribution in [0.1, 0.15) is 19.4 Å². The molecule has 0 aromatic heterocycles. The number of carbonyl (C=O) groups excluding carboxylic acids is 2. The second-order valence-corrected chi connectivity index (χ2v) is 8.51. The number of halogens is 1. The Morgan fingerprint density at radius 1 is 0.800 bits per heavy atom. The number of nitrogens with one attached hydrogen (secondary N) is 1. The fraction of sp³-hybridized carbons (Fsp3) is 0.103. The fourth-order valence-corrected chi connectivity index (χ4v) is 4.18. The van der Waals surface area contributed by atoms with E-state index in [9.17, 15) is 14.0 Å². The summed E-state index contributed by atoms with van der Waals surface area (Å²) in [6, 6.07) is 25.9. The van der Waals surface area contributed by atoms with E-state index in [1.165, 1.54) is 24.3 Å². The van der Waals surface area contributed by atoms with E-state index >= 15 is 0 Å². The maximum Gasteiger partial charge on any atom is 0.282 e. The third kappa shape index (κ3) is 4.26. The Balaban J connectivity index is 1.59. The molecule has 35 heavy (non-hydrogen) atoms. The lowest BCUT2D eigenvalue weighted by atomic mass is 10.0. The van der Waals surface area contributed by atoms with Crippen molar-refractivity contribution in [1.82, 2.24) is 0 Å². The largest absolute Gasteiger partial charge is 0.491 e. The zero-order valence-electron chi connectivity index (χ0n) is 19.3. The van der Waals surface area contributed by atoms with Gasteiger partial charge in [-0.2, -0.15) is 0 Å². The lowest BCUT2D eigenvalue weighted by Gasteiger charge is -2.17. The van der Waals surface area contributed by atoms with Crippen LogP contribution in [-0.4, -0.2) is 17.9 Å². The molecule has 0 saturated heterocycles. The highest BCUT2D eigenvalue weighted by Crippen LogP contribution is 2.35. The number of nitrogens with zero attached hydrogens (tertiary/aromatic N) is 1. The molecule has 2 amide bonds. The maximum atomic E-state index is 13.6. The molecule has 1 aliphatic rings. The number of hydrogen-bond acceptors (Lipinski definition) is 4. The summed E-state index contributed by atoms with van der Waals surface area (Å²) in [5, 5.41) is 5.12. The van der Waals surface area contributed by atoms with Crippen molar-refractivity contribution >= 4 is 39.5 Å². The van der Waals surface area contributed by atoms with Crippen molar-refractivity contribution in [1.29, 1.82) is 0 Å². The van der Waals surface area contributed by atoms with Crippen molar-refractivity contribution in [2.75, 3.05) is 10.2 Å². The second kappa shape index (κ2) is 9.06.